The average Bonchev–Trinajstić information content (AvgIpc) is 3.11. The van der Waals surface area contributed by atoms with Crippen molar-refractivity contribution in [2.75, 3.05) is 26.2 Å². The summed E-state index contributed by atoms with van der Waals surface area (Å²) in [6, 6.07) is 20.5. The maximum absolute atomic E-state index is 12.9. The number of amides is 1. The summed E-state index contributed by atoms with van der Waals surface area (Å²) in [5.74, 6) is 0.0686. The Morgan fingerprint density at radius 2 is 1.77 bits per heavy atom. The van der Waals surface area contributed by atoms with E-state index in [0.29, 0.717) is 31.4 Å². The summed E-state index contributed by atoms with van der Waals surface area (Å²) >= 11 is 6.02. The predicted octanol–water partition coefficient (Wildman–Crippen LogP) is 5.05. The van der Waals surface area contributed by atoms with Crippen LogP contribution in [-0.2, 0) is 4.74 Å². The molecular formula is C24H23Cl2N3O2. The van der Waals surface area contributed by atoms with Crippen LogP contribution in [0.4, 0.5) is 4.79 Å². The van der Waals surface area contributed by atoms with E-state index in [1.165, 1.54) is 22.3 Å². The largest absolute Gasteiger partial charge is 0.448 e. The second-order valence-electron chi connectivity index (χ2n) is 7.67. The Morgan fingerprint density at radius 3 is 2.45 bits per heavy atom. The third-order valence-corrected chi connectivity index (χ3v) is 6.13. The molecule has 1 N–H and O–H groups in total. The number of nitrogens with one attached hydrogen (secondary N) is 1. The van der Waals surface area contributed by atoms with E-state index in [1.54, 1.807) is 11.1 Å². The maximum atomic E-state index is 12.9. The van der Waals surface area contributed by atoms with E-state index in [0.717, 1.165) is 5.56 Å². The highest BCUT2D eigenvalue weighted by atomic mass is 35.5. The van der Waals surface area contributed by atoms with Crippen LogP contribution in [0.25, 0.3) is 11.1 Å². The second kappa shape index (κ2) is 9.27. The second-order valence-corrected chi connectivity index (χ2v) is 8.06. The van der Waals surface area contributed by atoms with Crippen molar-refractivity contribution in [2.45, 2.75) is 12.0 Å². The quantitative estimate of drug-likeness (QED) is 0.561. The first-order chi connectivity index (χ1) is 14.7. The van der Waals surface area contributed by atoms with Crippen LogP contribution in [0, 0.1) is 0 Å². The molecule has 2 heterocycles. The molecule has 1 fully saturated rings. The lowest BCUT2D eigenvalue weighted by Gasteiger charge is -2.33. The van der Waals surface area contributed by atoms with Gasteiger partial charge in [0, 0.05) is 31.7 Å². The van der Waals surface area contributed by atoms with E-state index in [2.05, 4.69) is 46.7 Å². The fourth-order valence-electron chi connectivity index (χ4n) is 4.46. The smallest absolute Gasteiger partial charge is 0.409 e. The molecule has 1 unspecified atom stereocenters. The molecule has 1 aliphatic heterocycles. The number of hydrogen-bond acceptors (Lipinski definition) is 4. The normalized spacial score (nSPS) is 17.5. The molecule has 0 saturated carbocycles. The van der Waals surface area contributed by atoms with Gasteiger partial charge in [-0.15, -0.1) is 12.4 Å². The minimum atomic E-state index is -0.275. The fraction of sp³-hybridized carbons (Fsp3) is 0.250. The molecule has 0 spiro atoms. The summed E-state index contributed by atoms with van der Waals surface area (Å²) in [6.07, 6.45) is 1.41. The molecule has 31 heavy (non-hydrogen) atoms. The van der Waals surface area contributed by atoms with Gasteiger partial charge in [0.25, 0.3) is 0 Å². The molecule has 0 bridgehead atoms. The number of fused-ring (bicyclic) bond motifs is 3. The molecule has 1 aromatic heterocycles. The Bertz CT molecular complexity index is 1050. The summed E-state index contributed by atoms with van der Waals surface area (Å²) in [5, 5.41) is 3.89. The van der Waals surface area contributed by atoms with E-state index >= 15 is 0 Å². The molecule has 3 aromatic rings. The van der Waals surface area contributed by atoms with E-state index in [9.17, 15) is 4.79 Å². The Labute approximate surface area is 192 Å². The van der Waals surface area contributed by atoms with Gasteiger partial charge in [-0.05, 0) is 39.9 Å². The van der Waals surface area contributed by atoms with Gasteiger partial charge in [0.15, 0.2) is 0 Å². The molecule has 2 aromatic carbocycles. The summed E-state index contributed by atoms with van der Waals surface area (Å²) < 4.78 is 5.81. The molecule has 0 radical (unpaired) electrons. The first kappa shape index (κ1) is 21.6. The van der Waals surface area contributed by atoms with Crippen molar-refractivity contribution in [3.63, 3.8) is 0 Å². The lowest BCUT2D eigenvalue weighted by molar-refractivity contribution is 0.0883. The van der Waals surface area contributed by atoms with Crippen LogP contribution in [0.1, 0.15) is 28.7 Å². The van der Waals surface area contributed by atoms with Gasteiger partial charge in [0.1, 0.15) is 11.8 Å². The van der Waals surface area contributed by atoms with Crippen molar-refractivity contribution < 1.29 is 9.53 Å². The molecule has 2 aliphatic rings. The monoisotopic (exact) mass is 455 g/mol. The topological polar surface area (TPSA) is 54.5 Å². The van der Waals surface area contributed by atoms with Crippen LogP contribution >= 0.6 is 24.0 Å². The summed E-state index contributed by atoms with van der Waals surface area (Å²) in [5.41, 5.74) is 5.91. The lowest BCUT2D eigenvalue weighted by Crippen LogP contribution is -2.48. The van der Waals surface area contributed by atoms with E-state index in [-0.39, 0.29) is 30.5 Å². The minimum Gasteiger partial charge on any atom is -0.448 e. The molecular weight excluding hydrogens is 433 g/mol. The van der Waals surface area contributed by atoms with Crippen molar-refractivity contribution in [3.05, 3.63) is 88.7 Å². The summed E-state index contributed by atoms with van der Waals surface area (Å²) in [6.45, 7) is 2.19. The van der Waals surface area contributed by atoms with Gasteiger partial charge in [-0.25, -0.2) is 9.78 Å². The predicted molar refractivity (Wildman–Crippen MR) is 124 cm³/mol. The third kappa shape index (κ3) is 4.26. The Hall–Kier alpha value is -2.60. The fourth-order valence-corrected chi connectivity index (χ4v) is 4.64. The molecule has 1 aliphatic carbocycles. The van der Waals surface area contributed by atoms with E-state index in [1.807, 2.05) is 24.3 Å². The van der Waals surface area contributed by atoms with Gasteiger partial charge >= 0.3 is 6.09 Å². The van der Waals surface area contributed by atoms with Crippen LogP contribution < -0.4 is 5.32 Å². The van der Waals surface area contributed by atoms with Crippen molar-refractivity contribution in [3.8, 4) is 11.1 Å². The number of ether oxygens (including phenoxy) is 1. The highest BCUT2D eigenvalue weighted by Crippen LogP contribution is 2.44. The molecule has 5 nitrogen and oxygen atoms in total. The van der Waals surface area contributed by atoms with Crippen LogP contribution in [0.3, 0.4) is 0 Å². The first-order valence-corrected chi connectivity index (χ1v) is 10.5. The molecule has 1 saturated heterocycles. The number of halogens is 2. The third-order valence-electron chi connectivity index (χ3n) is 5.92. The van der Waals surface area contributed by atoms with Gasteiger partial charge in [0.05, 0.1) is 6.04 Å². The molecule has 5 rings (SSSR count). The SMILES string of the molecule is Cl.O=C(OCC1c2ccccc2-c2ccccc21)N1CCNC(c2ccnc(Cl)c2)C1. The molecule has 1 atom stereocenters. The van der Waals surface area contributed by atoms with Crippen LogP contribution in [0.2, 0.25) is 5.15 Å². The Balaban J connectivity index is 0.00000231. The molecule has 7 heteroatoms. The van der Waals surface area contributed by atoms with Gasteiger partial charge in [0.2, 0.25) is 0 Å². The van der Waals surface area contributed by atoms with Gasteiger partial charge < -0.3 is 15.0 Å². The zero-order valence-corrected chi connectivity index (χ0v) is 18.4. The molecule has 1 amide bonds. The number of nitrogens with zero attached hydrogens (tertiary/aromatic N) is 2. The summed E-state index contributed by atoms with van der Waals surface area (Å²) in [7, 11) is 0. The number of aromatic nitrogens is 1. The number of benzene rings is 2. The highest BCUT2D eigenvalue weighted by Gasteiger charge is 2.31. The van der Waals surface area contributed by atoms with Gasteiger partial charge in [-0.1, -0.05) is 60.1 Å². The zero-order valence-electron chi connectivity index (χ0n) is 16.8. The minimum absolute atomic E-state index is 0. The van der Waals surface area contributed by atoms with Gasteiger partial charge in [-0.2, -0.15) is 0 Å². The Morgan fingerprint density at radius 1 is 1.10 bits per heavy atom. The van der Waals surface area contributed by atoms with Crippen molar-refractivity contribution >= 4 is 30.1 Å². The van der Waals surface area contributed by atoms with Crippen molar-refractivity contribution in [1.82, 2.24) is 15.2 Å². The van der Waals surface area contributed by atoms with Crippen molar-refractivity contribution in [2.24, 2.45) is 0 Å². The van der Waals surface area contributed by atoms with Crippen LogP contribution in [0.5, 0.6) is 0 Å². The standard InChI is InChI=1S/C24H22ClN3O2.ClH/c25-23-13-16(9-10-27-23)22-14-28(12-11-26-22)24(29)30-15-21-19-7-3-1-5-17(19)18-6-2-4-8-20(18)21;/h1-10,13,21-22,26H,11-12,14-15H2;1H. The van der Waals surface area contributed by atoms with E-state index < -0.39 is 0 Å². The van der Waals surface area contributed by atoms with Crippen LogP contribution in [-0.4, -0.2) is 42.2 Å². The number of pyridine rings is 1. The zero-order chi connectivity index (χ0) is 20.5. The number of carbonyl (C=O) groups is 1. The molecule has 160 valence electrons. The maximum Gasteiger partial charge on any atom is 0.409 e. The summed E-state index contributed by atoms with van der Waals surface area (Å²) in [4.78, 5) is 18.7. The highest BCUT2D eigenvalue weighted by molar-refractivity contribution is 6.29. The average molecular weight is 456 g/mol. The number of hydrogen-bond donors (Lipinski definition) is 1. The van der Waals surface area contributed by atoms with Gasteiger partial charge in [-0.3, -0.25) is 0 Å². The number of carbonyl (C=O) groups excluding carboxylic acids is 1. The van der Waals surface area contributed by atoms with Crippen molar-refractivity contribution in [1.29, 1.82) is 0 Å². The number of piperazine rings is 1. The number of rotatable bonds is 3. The van der Waals surface area contributed by atoms with E-state index in [4.69, 9.17) is 16.3 Å². The lowest BCUT2D eigenvalue weighted by atomic mass is 9.98. The Kier molecular flexibility index (Phi) is 6.46. The first-order valence-electron chi connectivity index (χ1n) is 10.2. The van der Waals surface area contributed by atoms with Crippen LogP contribution in [0.15, 0.2) is 66.9 Å².